The maximum Gasteiger partial charge on any atom is 0.305 e. The maximum atomic E-state index is 12.3. The number of rotatable bonds is 9. The molecule has 0 radical (unpaired) electrons. The molecule has 35 heavy (non-hydrogen) atoms. The van der Waals surface area contributed by atoms with E-state index in [1.165, 1.54) is 10.9 Å². The Bertz CT molecular complexity index is 1340. The van der Waals surface area contributed by atoms with Crippen molar-refractivity contribution in [1.82, 2.24) is 10.5 Å². The minimum atomic E-state index is -0.932. The van der Waals surface area contributed by atoms with E-state index in [1.54, 1.807) is 0 Å². The fourth-order valence-electron chi connectivity index (χ4n) is 4.60. The van der Waals surface area contributed by atoms with Gasteiger partial charge < -0.3 is 14.9 Å². The van der Waals surface area contributed by atoms with Gasteiger partial charge in [0.15, 0.2) is 0 Å². The lowest BCUT2D eigenvalue weighted by atomic mass is 9.86. The van der Waals surface area contributed by atoms with Crippen LogP contribution >= 0.6 is 0 Å². The SMILES string of the molecule is CCCC(c1ccc(C(=O)NCCC(=O)O)cc1)c1ccc2cc(-c3c(C)noc3C)ccc2c1. The zero-order valence-corrected chi connectivity index (χ0v) is 20.3. The minimum absolute atomic E-state index is 0.0932. The van der Waals surface area contributed by atoms with E-state index >= 15 is 0 Å². The number of aromatic nitrogens is 1. The van der Waals surface area contributed by atoms with Gasteiger partial charge in [-0.25, -0.2) is 0 Å². The first-order valence-corrected chi connectivity index (χ1v) is 11.9. The standard InChI is InChI=1S/C29H30N2O4/c1-4-5-26(20-6-8-21(9-7-20)29(34)30-15-14-27(32)33)24-12-10-23-17-25(13-11-22(23)16-24)28-18(2)31-35-19(28)3/h6-13,16-17,26H,4-5,14-15H2,1-3H3,(H,30,34)(H,32,33). The van der Waals surface area contributed by atoms with E-state index in [9.17, 15) is 9.59 Å². The van der Waals surface area contributed by atoms with Gasteiger partial charge in [0, 0.05) is 23.6 Å². The van der Waals surface area contributed by atoms with Crippen molar-refractivity contribution in [1.29, 1.82) is 0 Å². The molecule has 0 saturated carbocycles. The predicted octanol–water partition coefficient (Wildman–Crippen LogP) is 6.25. The molecule has 6 nitrogen and oxygen atoms in total. The highest BCUT2D eigenvalue weighted by molar-refractivity contribution is 5.94. The summed E-state index contributed by atoms with van der Waals surface area (Å²) in [4.78, 5) is 22.9. The van der Waals surface area contributed by atoms with Gasteiger partial charge in [0.1, 0.15) is 5.76 Å². The first-order chi connectivity index (χ1) is 16.9. The average Bonchev–Trinajstić information content (AvgIpc) is 3.19. The topological polar surface area (TPSA) is 92.4 Å². The molecule has 0 saturated heterocycles. The van der Waals surface area contributed by atoms with Crippen molar-refractivity contribution in [3.05, 3.63) is 88.8 Å². The Labute approximate surface area is 205 Å². The van der Waals surface area contributed by atoms with E-state index in [2.05, 4.69) is 53.8 Å². The molecule has 0 spiro atoms. The molecule has 1 heterocycles. The summed E-state index contributed by atoms with van der Waals surface area (Å²) >= 11 is 0. The van der Waals surface area contributed by atoms with Gasteiger partial charge in [-0.1, -0.05) is 61.0 Å². The highest BCUT2D eigenvalue weighted by Crippen LogP contribution is 2.34. The molecular weight excluding hydrogens is 440 g/mol. The highest BCUT2D eigenvalue weighted by Gasteiger charge is 2.16. The van der Waals surface area contributed by atoms with E-state index in [0.29, 0.717) is 5.56 Å². The van der Waals surface area contributed by atoms with Crippen LogP contribution < -0.4 is 5.32 Å². The van der Waals surface area contributed by atoms with Gasteiger partial charge in [0.2, 0.25) is 0 Å². The number of carbonyl (C=O) groups excluding carboxylic acids is 1. The first kappa shape index (κ1) is 24.2. The molecule has 1 aromatic heterocycles. The molecule has 0 bridgehead atoms. The van der Waals surface area contributed by atoms with Crippen LogP contribution in [0.2, 0.25) is 0 Å². The molecule has 2 N–H and O–H groups in total. The van der Waals surface area contributed by atoms with Crippen LogP contribution in [-0.2, 0) is 4.79 Å². The van der Waals surface area contributed by atoms with E-state index in [0.717, 1.165) is 46.4 Å². The Kier molecular flexibility index (Phi) is 7.30. The van der Waals surface area contributed by atoms with Crippen LogP contribution in [0.25, 0.3) is 21.9 Å². The summed E-state index contributed by atoms with van der Waals surface area (Å²) in [6.07, 6.45) is 1.93. The van der Waals surface area contributed by atoms with Crippen LogP contribution in [0.3, 0.4) is 0 Å². The molecule has 0 aliphatic rings. The maximum absolute atomic E-state index is 12.3. The van der Waals surface area contributed by atoms with E-state index in [-0.39, 0.29) is 24.8 Å². The molecule has 1 atom stereocenters. The van der Waals surface area contributed by atoms with Crippen LogP contribution in [0.15, 0.2) is 65.2 Å². The second-order valence-corrected chi connectivity index (χ2v) is 8.88. The van der Waals surface area contributed by atoms with Crippen molar-refractivity contribution in [2.75, 3.05) is 6.54 Å². The van der Waals surface area contributed by atoms with Crippen LogP contribution in [0, 0.1) is 13.8 Å². The smallest absolute Gasteiger partial charge is 0.305 e. The molecule has 180 valence electrons. The van der Waals surface area contributed by atoms with Crippen LogP contribution in [0.4, 0.5) is 0 Å². The van der Waals surface area contributed by atoms with E-state index < -0.39 is 5.97 Å². The Morgan fingerprint density at radius 2 is 1.66 bits per heavy atom. The average molecular weight is 471 g/mol. The number of nitrogens with zero attached hydrogens (tertiary/aromatic N) is 1. The number of aliphatic carboxylic acids is 1. The Morgan fingerprint density at radius 1 is 0.971 bits per heavy atom. The molecule has 0 aliphatic carbocycles. The summed E-state index contributed by atoms with van der Waals surface area (Å²) in [6.45, 7) is 6.18. The summed E-state index contributed by atoms with van der Waals surface area (Å²) in [7, 11) is 0. The summed E-state index contributed by atoms with van der Waals surface area (Å²) in [6, 6.07) is 20.7. The Hall–Kier alpha value is -3.93. The van der Waals surface area contributed by atoms with Crippen LogP contribution in [0.1, 0.15) is 65.0 Å². The molecular formula is C29H30N2O4. The molecule has 1 unspecified atom stereocenters. The van der Waals surface area contributed by atoms with Gasteiger partial charge >= 0.3 is 5.97 Å². The van der Waals surface area contributed by atoms with Crippen LogP contribution in [0.5, 0.6) is 0 Å². The summed E-state index contributed by atoms with van der Waals surface area (Å²) < 4.78 is 5.34. The third-order valence-electron chi connectivity index (χ3n) is 6.37. The van der Waals surface area contributed by atoms with Gasteiger partial charge in [-0.2, -0.15) is 0 Å². The number of fused-ring (bicyclic) bond motifs is 1. The number of carboxylic acid groups (broad SMARTS) is 1. The molecule has 0 aliphatic heterocycles. The van der Waals surface area contributed by atoms with Crippen LogP contribution in [-0.4, -0.2) is 28.7 Å². The third kappa shape index (κ3) is 5.43. The number of amides is 1. The number of hydrogen-bond acceptors (Lipinski definition) is 4. The lowest BCUT2D eigenvalue weighted by molar-refractivity contribution is -0.136. The lowest BCUT2D eigenvalue weighted by Crippen LogP contribution is -2.25. The highest BCUT2D eigenvalue weighted by atomic mass is 16.5. The molecule has 4 aromatic rings. The summed E-state index contributed by atoms with van der Waals surface area (Å²) in [5.74, 6) is -0.153. The number of benzene rings is 3. The quantitative estimate of drug-likeness (QED) is 0.302. The fourth-order valence-corrected chi connectivity index (χ4v) is 4.60. The molecule has 0 fully saturated rings. The normalized spacial score (nSPS) is 12.0. The van der Waals surface area contributed by atoms with Gasteiger partial charge in [-0.05, 0) is 65.9 Å². The second kappa shape index (κ2) is 10.6. The summed E-state index contributed by atoms with van der Waals surface area (Å²) in [5.41, 5.74) is 5.96. The fraction of sp³-hybridized carbons (Fsp3) is 0.276. The van der Waals surface area contributed by atoms with Crippen molar-refractivity contribution < 1.29 is 19.2 Å². The Morgan fingerprint density at radius 3 is 2.31 bits per heavy atom. The second-order valence-electron chi connectivity index (χ2n) is 8.88. The van der Waals surface area contributed by atoms with Crippen molar-refractivity contribution in [3.63, 3.8) is 0 Å². The largest absolute Gasteiger partial charge is 0.481 e. The van der Waals surface area contributed by atoms with Gasteiger partial charge in [-0.3, -0.25) is 9.59 Å². The predicted molar refractivity (Wildman–Crippen MR) is 137 cm³/mol. The number of nitrogens with one attached hydrogen (secondary N) is 1. The molecule has 1 amide bonds. The van der Waals surface area contributed by atoms with Crippen molar-refractivity contribution >= 4 is 22.6 Å². The summed E-state index contributed by atoms with van der Waals surface area (Å²) in [5, 5.41) is 17.8. The first-order valence-electron chi connectivity index (χ1n) is 11.9. The number of aryl methyl sites for hydroxylation is 2. The Balaban J connectivity index is 1.58. The number of carbonyl (C=O) groups is 2. The monoisotopic (exact) mass is 470 g/mol. The third-order valence-corrected chi connectivity index (χ3v) is 6.37. The van der Waals surface area contributed by atoms with E-state index in [1.807, 2.05) is 38.1 Å². The van der Waals surface area contributed by atoms with Crippen molar-refractivity contribution in [3.8, 4) is 11.1 Å². The molecule has 6 heteroatoms. The van der Waals surface area contributed by atoms with Gasteiger partial charge in [0.05, 0.1) is 12.1 Å². The van der Waals surface area contributed by atoms with Crippen molar-refractivity contribution in [2.45, 2.75) is 46.0 Å². The lowest BCUT2D eigenvalue weighted by Gasteiger charge is -2.19. The zero-order valence-electron chi connectivity index (χ0n) is 20.3. The van der Waals surface area contributed by atoms with Gasteiger partial charge in [-0.15, -0.1) is 0 Å². The molecule has 3 aromatic carbocycles. The van der Waals surface area contributed by atoms with E-state index in [4.69, 9.17) is 9.63 Å². The van der Waals surface area contributed by atoms with Gasteiger partial charge in [0.25, 0.3) is 5.91 Å². The molecule has 4 rings (SSSR count). The number of carboxylic acids is 1. The minimum Gasteiger partial charge on any atom is -0.481 e. The zero-order chi connectivity index (χ0) is 24.9. The number of hydrogen-bond donors (Lipinski definition) is 2. The van der Waals surface area contributed by atoms with Crippen molar-refractivity contribution in [2.24, 2.45) is 0 Å².